The van der Waals surface area contributed by atoms with Crippen LogP contribution in [0.4, 0.5) is 0 Å². The Kier molecular flexibility index (Phi) is 8.46. The molecule has 0 spiro atoms. The topological polar surface area (TPSA) is 23.5 Å². The summed E-state index contributed by atoms with van der Waals surface area (Å²) in [6.45, 7) is 9.42. The van der Waals surface area contributed by atoms with Gasteiger partial charge < -0.3 is 10.0 Å². The lowest BCUT2D eigenvalue weighted by atomic mass is 10.2. The Morgan fingerprint density at radius 3 is 2.31 bits per heavy atom. The van der Waals surface area contributed by atoms with E-state index >= 15 is 0 Å². The van der Waals surface area contributed by atoms with E-state index in [2.05, 4.69) is 25.7 Å². The lowest BCUT2D eigenvalue weighted by Crippen LogP contribution is -2.33. The maximum Gasteiger partial charge on any atom is 0.0431 e. The Labute approximate surface area is 82.9 Å². The molecular weight excluding hydrogens is 162 g/mol. The molecule has 0 bridgehead atoms. The van der Waals surface area contributed by atoms with E-state index in [1.165, 1.54) is 19.4 Å². The molecule has 0 radical (unpaired) electrons. The Balaban J connectivity index is 3.47. The van der Waals surface area contributed by atoms with Gasteiger partial charge in [-0.1, -0.05) is 13.8 Å². The number of unbranched alkanes of at least 4 members (excludes halogenated alkanes) is 2. The normalized spacial score (nSPS) is 13.6. The van der Waals surface area contributed by atoms with Gasteiger partial charge in [-0.3, -0.25) is 0 Å². The Hall–Kier alpha value is -0.0800. The summed E-state index contributed by atoms with van der Waals surface area (Å²) in [5.41, 5.74) is 0. The third-order valence-corrected chi connectivity index (χ3v) is 2.72. The summed E-state index contributed by atoms with van der Waals surface area (Å²) in [5, 5.41) is 8.63. The molecule has 0 aliphatic rings. The fourth-order valence-electron chi connectivity index (χ4n) is 1.55. The summed E-state index contributed by atoms with van der Waals surface area (Å²) in [4.78, 5) is 2.51. The molecule has 0 heterocycles. The first-order chi connectivity index (χ1) is 6.26. The van der Waals surface area contributed by atoms with E-state index in [0.717, 1.165) is 19.4 Å². The van der Waals surface area contributed by atoms with Crippen molar-refractivity contribution in [2.24, 2.45) is 0 Å². The molecular formula is C11H25NO. The first-order valence-corrected chi connectivity index (χ1v) is 5.61. The lowest BCUT2D eigenvalue weighted by Gasteiger charge is -2.26. The third kappa shape index (κ3) is 6.05. The molecule has 0 aliphatic heterocycles. The van der Waals surface area contributed by atoms with Crippen molar-refractivity contribution in [2.75, 3.05) is 19.7 Å². The van der Waals surface area contributed by atoms with E-state index in [-0.39, 0.29) is 0 Å². The van der Waals surface area contributed by atoms with E-state index < -0.39 is 0 Å². The van der Waals surface area contributed by atoms with Crippen LogP contribution in [-0.2, 0) is 0 Å². The zero-order valence-electron chi connectivity index (χ0n) is 9.42. The van der Waals surface area contributed by atoms with Crippen molar-refractivity contribution in [3.8, 4) is 0 Å². The Morgan fingerprint density at radius 2 is 1.85 bits per heavy atom. The smallest absolute Gasteiger partial charge is 0.0431 e. The van der Waals surface area contributed by atoms with Gasteiger partial charge in [0.25, 0.3) is 0 Å². The Bertz CT molecular complexity index is 106. The summed E-state index contributed by atoms with van der Waals surface area (Å²) in [5.74, 6) is 0. The highest BCUT2D eigenvalue weighted by molar-refractivity contribution is 4.63. The van der Waals surface area contributed by atoms with Crippen LogP contribution in [0.3, 0.4) is 0 Å². The minimum Gasteiger partial charge on any atom is -0.396 e. The second-order valence-electron chi connectivity index (χ2n) is 3.67. The second-order valence-corrected chi connectivity index (χ2v) is 3.67. The van der Waals surface area contributed by atoms with E-state index in [4.69, 9.17) is 5.11 Å². The van der Waals surface area contributed by atoms with Crippen molar-refractivity contribution in [3.63, 3.8) is 0 Å². The monoisotopic (exact) mass is 187 g/mol. The van der Waals surface area contributed by atoms with Crippen molar-refractivity contribution < 1.29 is 5.11 Å². The summed E-state index contributed by atoms with van der Waals surface area (Å²) < 4.78 is 0. The molecule has 80 valence electrons. The molecule has 0 fully saturated rings. The first kappa shape index (κ1) is 12.9. The van der Waals surface area contributed by atoms with Crippen LogP contribution in [0.25, 0.3) is 0 Å². The zero-order chi connectivity index (χ0) is 10.1. The van der Waals surface area contributed by atoms with E-state index in [1.54, 1.807) is 0 Å². The summed E-state index contributed by atoms with van der Waals surface area (Å²) >= 11 is 0. The summed E-state index contributed by atoms with van der Waals surface area (Å²) in [7, 11) is 0. The fraction of sp³-hybridized carbons (Fsp3) is 1.00. The molecule has 0 saturated heterocycles. The number of rotatable bonds is 8. The van der Waals surface area contributed by atoms with Gasteiger partial charge in [0.2, 0.25) is 0 Å². The maximum absolute atomic E-state index is 8.63. The van der Waals surface area contributed by atoms with Gasteiger partial charge in [0, 0.05) is 12.6 Å². The molecule has 0 amide bonds. The highest BCUT2D eigenvalue weighted by Crippen LogP contribution is 2.05. The average molecular weight is 187 g/mol. The summed E-state index contributed by atoms with van der Waals surface area (Å²) in [6.07, 6.45) is 4.56. The van der Waals surface area contributed by atoms with Gasteiger partial charge in [-0.25, -0.2) is 0 Å². The van der Waals surface area contributed by atoms with Crippen molar-refractivity contribution in [1.82, 2.24) is 4.90 Å². The molecule has 2 heteroatoms. The molecule has 0 rings (SSSR count). The molecule has 0 aliphatic carbocycles. The molecule has 0 aromatic heterocycles. The molecule has 0 aromatic rings. The number of hydrogen-bond acceptors (Lipinski definition) is 2. The van der Waals surface area contributed by atoms with E-state index in [0.29, 0.717) is 12.6 Å². The van der Waals surface area contributed by atoms with Gasteiger partial charge in [-0.2, -0.15) is 0 Å². The van der Waals surface area contributed by atoms with Crippen LogP contribution in [0.5, 0.6) is 0 Å². The van der Waals surface area contributed by atoms with Gasteiger partial charge in [0.15, 0.2) is 0 Å². The van der Waals surface area contributed by atoms with Gasteiger partial charge in [-0.05, 0) is 45.7 Å². The van der Waals surface area contributed by atoms with Gasteiger partial charge in [0.1, 0.15) is 0 Å². The van der Waals surface area contributed by atoms with Crippen LogP contribution in [-0.4, -0.2) is 35.7 Å². The quantitative estimate of drug-likeness (QED) is 0.589. The largest absolute Gasteiger partial charge is 0.396 e. The highest BCUT2D eigenvalue weighted by Gasteiger charge is 2.08. The molecule has 2 nitrogen and oxygen atoms in total. The third-order valence-electron chi connectivity index (χ3n) is 2.72. The van der Waals surface area contributed by atoms with Crippen LogP contribution in [0, 0.1) is 0 Å². The number of aliphatic hydroxyl groups excluding tert-OH is 1. The van der Waals surface area contributed by atoms with Gasteiger partial charge in [0.05, 0.1) is 0 Å². The zero-order valence-corrected chi connectivity index (χ0v) is 9.42. The van der Waals surface area contributed by atoms with Crippen molar-refractivity contribution >= 4 is 0 Å². The second kappa shape index (κ2) is 8.52. The molecule has 0 aromatic carbocycles. The van der Waals surface area contributed by atoms with Crippen molar-refractivity contribution in [1.29, 1.82) is 0 Å². The molecule has 1 atom stereocenters. The molecule has 1 N–H and O–H groups in total. The number of nitrogens with zero attached hydrogens (tertiary/aromatic N) is 1. The molecule has 13 heavy (non-hydrogen) atoms. The van der Waals surface area contributed by atoms with E-state index in [1.807, 2.05) is 0 Å². The number of hydrogen-bond donors (Lipinski definition) is 1. The molecule has 0 saturated carbocycles. The average Bonchev–Trinajstić information content (AvgIpc) is 2.17. The Morgan fingerprint density at radius 1 is 1.15 bits per heavy atom. The van der Waals surface area contributed by atoms with Crippen LogP contribution in [0.15, 0.2) is 0 Å². The standard InChI is InChI=1S/C11H25NO/c1-4-11(3)12(5-2)9-7-6-8-10-13/h11,13H,4-10H2,1-3H3. The predicted octanol–water partition coefficient (Wildman–Crippen LogP) is 2.27. The predicted molar refractivity (Wildman–Crippen MR) is 57.9 cm³/mol. The fourth-order valence-corrected chi connectivity index (χ4v) is 1.55. The molecule has 1 unspecified atom stereocenters. The van der Waals surface area contributed by atoms with Crippen molar-refractivity contribution in [3.05, 3.63) is 0 Å². The minimum absolute atomic E-state index is 0.343. The first-order valence-electron chi connectivity index (χ1n) is 5.61. The maximum atomic E-state index is 8.63. The van der Waals surface area contributed by atoms with Crippen molar-refractivity contribution in [2.45, 2.75) is 52.5 Å². The van der Waals surface area contributed by atoms with Crippen LogP contribution >= 0.6 is 0 Å². The minimum atomic E-state index is 0.343. The highest BCUT2D eigenvalue weighted by atomic mass is 16.2. The summed E-state index contributed by atoms with van der Waals surface area (Å²) in [6, 6.07) is 0.708. The van der Waals surface area contributed by atoms with Crippen LogP contribution in [0.1, 0.15) is 46.5 Å². The SMILES string of the molecule is CCC(C)N(CC)CCCCCO. The van der Waals surface area contributed by atoms with Crippen LogP contribution in [0.2, 0.25) is 0 Å². The van der Waals surface area contributed by atoms with E-state index in [9.17, 15) is 0 Å². The van der Waals surface area contributed by atoms with Gasteiger partial charge >= 0.3 is 0 Å². The number of aliphatic hydroxyl groups is 1. The van der Waals surface area contributed by atoms with Crippen LogP contribution < -0.4 is 0 Å². The lowest BCUT2D eigenvalue weighted by molar-refractivity contribution is 0.206. The van der Waals surface area contributed by atoms with Gasteiger partial charge in [-0.15, -0.1) is 0 Å².